The molecular weight excluding hydrogens is 384 g/mol. The smallest absolute Gasteiger partial charge is 0.200 e. The molecule has 0 fully saturated rings. The van der Waals surface area contributed by atoms with Crippen molar-refractivity contribution in [3.05, 3.63) is 47.5 Å². The summed E-state index contributed by atoms with van der Waals surface area (Å²) < 4.78 is 0. The van der Waals surface area contributed by atoms with Crippen molar-refractivity contribution in [3.63, 3.8) is 0 Å². The highest BCUT2D eigenvalue weighted by molar-refractivity contribution is 6.03. The van der Waals surface area contributed by atoms with Crippen LogP contribution in [-0.2, 0) is 6.42 Å². The minimum absolute atomic E-state index is 0.0672. The standard InChI is InChI=1S/C20H16O9/c21-11-2-1-10(12(22)3-8-4-13(23)19(28)14(24)5-8)18(27)17(11)9-6-15(25)20(29)16(26)7-9/h1-2,4-7,21,23-29H,3H2. The molecule has 0 heterocycles. The molecule has 3 aromatic rings. The molecule has 0 atom stereocenters. The van der Waals surface area contributed by atoms with E-state index in [1.165, 1.54) is 0 Å². The number of hydrogen-bond acceptors (Lipinski definition) is 9. The van der Waals surface area contributed by atoms with Crippen LogP contribution in [0.4, 0.5) is 0 Å². The number of phenolic OH excluding ortho intramolecular Hbond substituents is 8. The van der Waals surface area contributed by atoms with E-state index in [0.717, 1.165) is 36.4 Å². The number of hydrogen-bond donors (Lipinski definition) is 8. The Bertz CT molecular complexity index is 1090. The highest BCUT2D eigenvalue weighted by Gasteiger charge is 2.22. The van der Waals surface area contributed by atoms with E-state index in [1.54, 1.807) is 0 Å². The maximum Gasteiger partial charge on any atom is 0.200 e. The van der Waals surface area contributed by atoms with Gasteiger partial charge in [-0.3, -0.25) is 4.79 Å². The van der Waals surface area contributed by atoms with Crippen LogP contribution in [0.25, 0.3) is 11.1 Å². The molecule has 0 spiro atoms. The van der Waals surface area contributed by atoms with E-state index < -0.39 is 51.8 Å². The van der Waals surface area contributed by atoms with Crippen LogP contribution >= 0.6 is 0 Å². The van der Waals surface area contributed by atoms with Crippen LogP contribution in [0.5, 0.6) is 46.0 Å². The molecule has 0 aromatic heterocycles. The van der Waals surface area contributed by atoms with Crippen molar-refractivity contribution in [3.8, 4) is 57.1 Å². The molecule has 9 nitrogen and oxygen atoms in total. The Morgan fingerprint density at radius 3 is 1.62 bits per heavy atom. The van der Waals surface area contributed by atoms with Crippen molar-refractivity contribution in [2.24, 2.45) is 0 Å². The second-order valence-electron chi connectivity index (χ2n) is 6.30. The second-order valence-corrected chi connectivity index (χ2v) is 6.30. The highest BCUT2D eigenvalue weighted by atomic mass is 16.3. The molecule has 0 saturated heterocycles. The Morgan fingerprint density at radius 2 is 1.10 bits per heavy atom. The van der Waals surface area contributed by atoms with Gasteiger partial charge < -0.3 is 40.9 Å². The molecule has 0 bridgehead atoms. The number of benzene rings is 3. The van der Waals surface area contributed by atoms with Gasteiger partial charge in [-0.25, -0.2) is 0 Å². The summed E-state index contributed by atoms with van der Waals surface area (Å²) in [6, 6.07) is 6.37. The summed E-state index contributed by atoms with van der Waals surface area (Å²) in [6.07, 6.45) is -0.370. The normalized spacial score (nSPS) is 10.8. The zero-order chi connectivity index (χ0) is 21.5. The van der Waals surface area contributed by atoms with Gasteiger partial charge in [0.25, 0.3) is 0 Å². The lowest BCUT2D eigenvalue weighted by molar-refractivity contribution is 0.0990. The monoisotopic (exact) mass is 400 g/mol. The summed E-state index contributed by atoms with van der Waals surface area (Å²) in [5, 5.41) is 77.9. The van der Waals surface area contributed by atoms with Crippen LogP contribution in [0.15, 0.2) is 36.4 Å². The average Bonchev–Trinajstić information content (AvgIpc) is 2.64. The molecule has 3 rings (SSSR count). The number of Topliss-reactive ketones (excluding diaryl/α,β-unsaturated/α-hetero) is 1. The van der Waals surface area contributed by atoms with Crippen molar-refractivity contribution < 1.29 is 45.6 Å². The van der Waals surface area contributed by atoms with Gasteiger partial charge in [-0.05, 0) is 47.5 Å². The van der Waals surface area contributed by atoms with E-state index >= 15 is 0 Å². The van der Waals surface area contributed by atoms with Gasteiger partial charge in [0.15, 0.2) is 40.3 Å². The third-order valence-corrected chi connectivity index (χ3v) is 4.31. The molecule has 0 amide bonds. The van der Waals surface area contributed by atoms with Crippen LogP contribution in [-0.4, -0.2) is 46.6 Å². The first-order chi connectivity index (χ1) is 13.6. The Labute approximate surface area is 163 Å². The molecule has 29 heavy (non-hydrogen) atoms. The van der Waals surface area contributed by atoms with Crippen LogP contribution in [0, 0.1) is 0 Å². The number of aromatic hydroxyl groups is 8. The molecule has 0 aliphatic heterocycles. The minimum Gasteiger partial charge on any atom is -0.507 e. The van der Waals surface area contributed by atoms with Crippen molar-refractivity contribution in [2.45, 2.75) is 6.42 Å². The second kappa shape index (κ2) is 7.04. The van der Waals surface area contributed by atoms with E-state index in [1.807, 2.05) is 0 Å². The lowest BCUT2D eigenvalue weighted by Gasteiger charge is -2.13. The van der Waals surface area contributed by atoms with Gasteiger partial charge in [0.1, 0.15) is 11.5 Å². The first kappa shape index (κ1) is 19.5. The van der Waals surface area contributed by atoms with Crippen LogP contribution in [0.3, 0.4) is 0 Å². The first-order valence-electron chi connectivity index (χ1n) is 8.17. The number of ketones is 1. The minimum atomic E-state index is -0.785. The lowest BCUT2D eigenvalue weighted by atomic mass is 9.95. The number of rotatable bonds is 4. The quantitative estimate of drug-likeness (QED) is 0.241. The highest BCUT2D eigenvalue weighted by Crippen LogP contribution is 2.45. The van der Waals surface area contributed by atoms with E-state index in [-0.39, 0.29) is 28.7 Å². The molecule has 0 aliphatic rings. The molecular formula is C20H16O9. The fourth-order valence-electron chi connectivity index (χ4n) is 2.88. The van der Waals surface area contributed by atoms with Gasteiger partial charge in [0.2, 0.25) is 0 Å². The summed E-state index contributed by atoms with van der Waals surface area (Å²) in [5.74, 6) is -5.93. The van der Waals surface area contributed by atoms with E-state index in [0.29, 0.717) is 0 Å². The molecule has 0 unspecified atom stereocenters. The largest absolute Gasteiger partial charge is 0.507 e. The van der Waals surface area contributed by atoms with E-state index in [2.05, 4.69) is 0 Å². The maximum absolute atomic E-state index is 12.6. The Kier molecular flexibility index (Phi) is 4.73. The van der Waals surface area contributed by atoms with Gasteiger partial charge in [-0.15, -0.1) is 0 Å². The van der Waals surface area contributed by atoms with Gasteiger partial charge in [0, 0.05) is 6.42 Å². The Morgan fingerprint density at radius 1 is 0.621 bits per heavy atom. The number of carbonyl (C=O) groups excluding carboxylic acids is 1. The summed E-state index contributed by atoms with van der Waals surface area (Å²) in [6.45, 7) is 0. The Balaban J connectivity index is 2.04. The van der Waals surface area contributed by atoms with Crippen molar-refractivity contribution >= 4 is 5.78 Å². The van der Waals surface area contributed by atoms with E-state index in [4.69, 9.17) is 0 Å². The summed E-state index contributed by atoms with van der Waals surface area (Å²) >= 11 is 0. The molecule has 150 valence electrons. The predicted octanol–water partition coefficient (Wildman–Crippen LogP) is 2.42. The van der Waals surface area contributed by atoms with Crippen LogP contribution in [0.1, 0.15) is 15.9 Å². The first-order valence-corrected chi connectivity index (χ1v) is 8.17. The summed E-state index contributed by atoms with van der Waals surface area (Å²) in [5.41, 5.74) is -0.408. The lowest BCUT2D eigenvalue weighted by Crippen LogP contribution is -2.04. The van der Waals surface area contributed by atoms with Crippen molar-refractivity contribution in [1.82, 2.24) is 0 Å². The molecule has 0 saturated carbocycles. The number of phenols is 8. The topological polar surface area (TPSA) is 179 Å². The SMILES string of the molecule is O=C(Cc1cc(O)c(O)c(O)c1)c1ccc(O)c(-c2cc(O)c(O)c(O)c2)c1O. The van der Waals surface area contributed by atoms with E-state index in [9.17, 15) is 45.6 Å². The fourth-order valence-corrected chi connectivity index (χ4v) is 2.88. The summed E-state index contributed by atoms with van der Waals surface area (Å²) in [7, 11) is 0. The van der Waals surface area contributed by atoms with Crippen molar-refractivity contribution in [2.75, 3.05) is 0 Å². The predicted molar refractivity (Wildman–Crippen MR) is 99.7 cm³/mol. The van der Waals surface area contributed by atoms with Crippen molar-refractivity contribution in [1.29, 1.82) is 0 Å². The molecule has 0 radical (unpaired) electrons. The van der Waals surface area contributed by atoms with Gasteiger partial charge in [0.05, 0.1) is 11.1 Å². The van der Waals surface area contributed by atoms with Gasteiger partial charge in [-0.2, -0.15) is 0 Å². The van der Waals surface area contributed by atoms with Crippen LogP contribution < -0.4 is 0 Å². The summed E-state index contributed by atoms with van der Waals surface area (Å²) in [4.78, 5) is 12.6. The average molecular weight is 400 g/mol. The molecule has 3 aromatic carbocycles. The zero-order valence-electron chi connectivity index (χ0n) is 14.7. The van der Waals surface area contributed by atoms with Gasteiger partial charge >= 0.3 is 0 Å². The number of carbonyl (C=O) groups is 1. The maximum atomic E-state index is 12.6. The van der Waals surface area contributed by atoms with Gasteiger partial charge in [-0.1, -0.05) is 0 Å². The fraction of sp³-hybridized carbons (Fsp3) is 0.0500. The molecule has 9 heteroatoms. The molecule has 8 N–H and O–H groups in total. The zero-order valence-corrected chi connectivity index (χ0v) is 14.7. The Hall–Kier alpha value is -4.27. The molecule has 0 aliphatic carbocycles. The third kappa shape index (κ3) is 3.48. The van der Waals surface area contributed by atoms with Crippen LogP contribution in [0.2, 0.25) is 0 Å². The third-order valence-electron chi connectivity index (χ3n) is 4.31.